The molecule has 1 nitrogen and oxygen atoms in total. The Morgan fingerprint density at radius 2 is 1.75 bits per heavy atom. The standard InChI is InChI=1S/C18H30FN/c1-3-5-6-7-8-17(15-20-13-4-2)14-16-9-11-18(19)12-10-16/h9-12,17,20H,3-8,13-15H2,1-2H3. The summed E-state index contributed by atoms with van der Waals surface area (Å²) >= 11 is 0. The van der Waals surface area contributed by atoms with Crippen LogP contribution in [0.5, 0.6) is 0 Å². The number of hydrogen-bond donors (Lipinski definition) is 1. The van der Waals surface area contributed by atoms with E-state index in [0.29, 0.717) is 5.92 Å². The molecular weight excluding hydrogens is 249 g/mol. The summed E-state index contributed by atoms with van der Waals surface area (Å²) in [6.45, 7) is 6.62. The van der Waals surface area contributed by atoms with Gasteiger partial charge in [0.1, 0.15) is 5.82 Å². The highest BCUT2D eigenvalue weighted by molar-refractivity contribution is 5.16. The summed E-state index contributed by atoms with van der Waals surface area (Å²) in [6.07, 6.45) is 8.79. The number of benzene rings is 1. The summed E-state index contributed by atoms with van der Waals surface area (Å²) in [5.74, 6) is 0.529. The fourth-order valence-corrected chi connectivity index (χ4v) is 2.57. The molecule has 0 heterocycles. The average Bonchev–Trinajstić information content (AvgIpc) is 2.46. The molecule has 2 heteroatoms. The van der Waals surface area contributed by atoms with Crippen LogP contribution in [0.25, 0.3) is 0 Å². The van der Waals surface area contributed by atoms with Crippen molar-refractivity contribution < 1.29 is 4.39 Å². The van der Waals surface area contributed by atoms with Crippen LogP contribution in [0.4, 0.5) is 4.39 Å². The van der Waals surface area contributed by atoms with Crippen molar-refractivity contribution in [3.63, 3.8) is 0 Å². The molecule has 114 valence electrons. The van der Waals surface area contributed by atoms with E-state index < -0.39 is 0 Å². The van der Waals surface area contributed by atoms with Crippen molar-refractivity contribution in [1.82, 2.24) is 5.32 Å². The van der Waals surface area contributed by atoms with Gasteiger partial charge < -0.3 is 5.32 Å². The van der Waals surface area contributed by atoms with Gasteiger partial charge in [0.15, 0.2) is 0 Å². The molecule has 1 aromatic rings. The van der Waals surface area contributed by atoms with Crippen LogP contribution in [0.2, 0.25) is 0 Å². The predicted octanol–water partition coefficient (Wildman–Crippen LogP) is 4.95. The smallest absolute Gasteiger partial charge is 0.123 e. The van der Waals surface area contributed by atoms with Crippen LogP contribution < -0.4 is 5.32 Å². The van der Waals surface area contributed by atoms with Crippen LogP contribution in [-0.2, 0) is 6.42 Å². The van der Waals surface area contributed by atoms with Gasteiger partial charge in [-0.15, -0.1) is 0 Å². The molecular formula is C18H30FN. The lowest BCUT2D eigenvalue weighted by Gasteiger charge is -2.18. The van der Waals surface area contributed by atoms with Gasteiger partial charge in [0.2, 0.25) is 0 Å². The molecule has 1 rings (SSSR count). The monoisotopic (exact) mass is 279 g/mol. The van der Waals surface area contributed by atoms with E-state index in [0.717, 1.165) is 19.5 Å². The highest BCUT2D eigenvalue weighted by atomic mass is 19.1. The van der Waals surface area contributed by atoms with Crippen LogP contribution in [0.3, 0.4) is 0 Å². The van der Waals surface area contributed by atoms with Gasteiger partial charge in [-0.3, -0.25) is 0 Å². The van der Waals surface area contributed by atoms with Gasteiger partial charge in [0, 0.05) is 0 Å². The molecule has 0 fully saturated rings. The maximum Gasteiger partial charge on any atom is 0.123 e. The van der Waals surface area contributed by atoms with Crippen LogP contribution in [0, 0.1) is 11.7 Å². The van der Waals surface area contributed by atoms with E-state index in [1.165, 1.54) is 44.1 Å². The first-order valence-corrected chi connectivity index (χ1v) is 8.21. The maximum absolute atomic E-state index is 12.9. The molecule has 0 aliphatic carbocycles. The Labute approximate surface area is 124 Å². The molecule has 0 saturated carbocycles. The fraction of sp³-hybridized carbons (Fsp3) is 0.667. The minimum absolute atomic E-state index is 0.141. The Kier molecular flexibility index (Phi) is 9.31. The molecule has 1 aromatic carbocycles. The SMILES string of the molecule is CCCCCCC(CNCCC)Cc1ccc(F)cc1. The third kappa shape index (κ3) is 7.64. The van der Waals surface area contributed by atoms with E-state index in [2.05, 4.69) is 19.2 Å². The van der Waals surface area contributed by atoms with Crippen molar-refractivity contribution in [2.45, 2.75) is 58.8 Å². The fourth-order valence-electron chi connectivity index (χ4n) is 2.57. The van der Waals surface area contributed by atoms with E-state index in [1.807, 2.05) is 12.1 Å². The Hall–Kier alpha value is -0.890. The lowest BCUT2D eigenvalue weighted by Crippen LogP contribution is -2.25. The second kappa shape index (κ2) is 10.8. The molecule has 1 atom stereocenters. The molecule has 0 saturated heterocycles. The Bertz CT molecular complexity index is 334. The van der Waals surface area contributed by atoms with Crippen molar-refractivity contribution in [3.05, 3.63) is 35.6 Å². The number of hydrogen-bond acceptors (Lipinski definition) is 1. The van der Waals surface area contributed by atoms with Gasteiger partial charge in [0.05, 0.1) is 0 Å². The van der Waals surface area contributed by atoms with Crippen LogP contribution in [0.1, 0.15) is 57.9 Å². The molecule has 1 unspecified atom stereocenters. The summed E-state index contributed by atoms with van der Waals surface area (Å²) in [6, 6.07) is 6.99. The molecule has 0 radical (unpaired) electrons. The highest BCUT2D eigenvalue weighted by Crippen LogP contribution is 2.16. The molecule has 20 heavy (non-hydrogen) atoms. The number of nitrogens with one attached hydrogen (secondary N) is 1. The Morgan fingerprint density at radius 1 is 1.00 bits per heavy atom. The quantitative estimate of drug-likeness (QED) is 0.565. The number of halogens is 1. The van der Waals surface area contributed by atoms with Crippen molar-refractivity contribution in [2.24, 2.45) is 5.92 Å². The summed E-state index contributed by atoms with van der Waals surface area (Å²) < 4.78 is 12.9. The lowest BCUT2D eigenvalue weighted by atomic mass is 9.93. The second-order valence-electron chi connectivity index (χ2n) is 5.75. The molecule has 0 bridgehead atoms. The average molecular weight is 279 g/mol. The topological polar surface area (TPSA) is 12.0 Å². The first kappa shape index (κ1) is 17.2. The molecule has 0 aromatic heterocycles. The first-order valence-electron chi connectivity index (χ1n) is 8.21. The summed E-state index contributed by atoms with van der Waals surface area (Å²) in [4.78, 5) is 0. The number of rotatable bonds is 11. The third-order valence-electron chi connectivity index (χ3n) is 3.76. The number of unbranched alkanes of at least 4 members (excludes halogenated alkanes) is 3. The van der Waals surface area contributed by atoms with Crippen LogP contribution >= 0.6 is 0 Å². The lowest BCUT2D eigenvalue weighted by molar-refractivity contribution is 0.421. The zero-order valence-corrected chi connectivity index (χ0v) is 13.1. The van der Waals surface area contributed by atoms with Gasteiger partial charge in [-0.1, -0.05) is 51.7 Å². The second-order valence-corrected chi connectivity index (χ2v) is 5.75. The van der Waals surface area contributed by atoms with Crippen LogP contribution in [-0.4, -0.2) is 13.1 Å². The largest absolute Gasteiger partial charge is 0.316 e. The Morgan fingerprint density at radius 3 is 2.40 bits per heavy atom. The van der Waals surface area contributed by atoms with E-state index in [1.54, 1.807) is 12.1 Å². The van der Waals surface area contributed by atoms with Gasteiger partial charge in [-0.25, -0.2) is 4.39 Å². The van der Waals surface area contributed by atoms with Crippen molar-refractivity contribution >= 4 is 0 Å². The molecule has 0 spiro atoms. The summed E-state index contributed by atoms with van der Waals surface area (Å²) in [7, 11) is 0. The molecule has 0 amide bonds. The third-order valence-corrected chi connectivity index (χ3v) is 3.76. The predicted molar refractivity (Wildman–Crippen MR) is 85.5 cm³/mol. The van der Waals surface area contributed by atoms with Crippen LogP contribution in [0.15, 0.2) is 24.3 Å². The molecule has 1 N–H and O–H groups in total. The maximum atomic E-state index is 12.9. The molecule has 0 aliphatic heterocycles. The summed E-state index contributed by atoms with van der Waals surface area (Å²) in [5, 5.41) is 3.53. The van der Waals surface area contributed by atoms with Crippen molar-refractivity contribution in [3.8, 4) is 0 Å². The zero-order valence-electron chi connectivity index (χ0n) is 13.1. The van der Waals surface area contributed by atoms with E-state index in [9.17, 15) is 4.39 Å². The van der Waals surface area contributed by atoms with Crippen molar-refractivity contribution in [2.75, 3.05) is 13.1 Å². The molecule has 0 aliphatic rings. The highest BCUT2D eigenvalue weighted by Gasteiger charge is 2.09. The minimum Gasteiger partial charge on any atom is -0.316 e. The zero-order chi connectivity index (χ0) is 14.6. The van der Waals surface area contributed by atoms with Gasteiger partial charge >= 0.3 is 0 Å². The summed E-state index contributed by atoms with van der Waals surface area (Å²) in [5.41, 5.74) is 1.25. The van der Waals surface area contributed by atoms with E-state index in [-0.39, 0.29) is 5.82 Å². The normalized spacial score (nSPS) is 12.6. The first-order chi connectivity index (χ1) is 9.76. The minimum atomic E-state index is -0.141. The van der Waals surface area contributed by atoms with Gasteiger partial charge in [-0.2, -0.15) is 0 Å². The van der Waals surface area contributed by atoms with Gasteiger partial charge in [0.25, 0.3) is 0 Å². The Balaban J connectivity index is 2.41. The van der Waals surface area contributed by atoms with E-state index >= 15 is 0 Å². The van der Waals surface area contributed by atoms with E-state index in [4.69, 9.17) is 0 Å². The van der Waals surface area contributed by atoms with Crippen molar-refractivity contribution in [1.29, 1.82) is 0 Å². The van der Waals surface area contributed by atoms with Gasteiger partial charge in [-0.05, 0) is 56.0 Å².